The maximum atomic E-state index is 13.1. The zero-order chi connectivity index (χ0) is 17.3. The third kappa shape index (κ3) is 3.06. The number of piperidine rings is 1. The van der Waals surface area contributed by atoms with E-state index in [1.807, 2.05) is 42.6 Å². The van der Waals surface area contributed by atoms with Gasteiger partial charge in [-0.25, -0.2) is 4.79 Å². The van der Waals surface area contributed by atoms with E-state index in [1.165, 1.54) is 22.8 Å². The number of urea groups is 1. The summed E-state index contributed by atoms with van der Waals surface area (Å²) in [5.74, 6) is 2.51. The fourth-order valence-corrected chi connectivity index (χ4v) is 5.53. The molecule has 24 heavy (non-hydrogen) atoms. The summed E-state index contributed by atoms with van der Waals surface area (Å²) in [6, 6.07) is 0.577. The van der Waals surface area contributed by atoms with Gasteiger partial charge < -0.3 is 9.80 Å². The first-order chi connectivity index (χ1) is 11.5. The molecule has 3 fully saturated rings. The first-order valence-corrected chi connectivity index (χ1v) is 10.2. The lowest BCUT2D eigenvalue weighted by Gasteiger charge is -2.43. The molecule has 3 heterocycles. The number of hydrogen-bond donors (Lipinski definition) is 0. The lowest BCUT2D eigenvalue weighted by molar-refractivity contribution is -0.136. The van der Waals surface area contributed by atoms with Gasteiger partial charge in [0, 0.05) is 44.5 Å². The van der Waals surface area contributed by atoms with E-state index in [1.54, 1.807) is 0 Å². The van der Waals surface area contributed by atoms with Crippen LogP contribution in [0.3, 0.4) is 0 Å². The van der Waals surface area contributed by atoms with Crippen molar-refractivity contribution in [3.05, 3.63) is 0 Å². The van der Waals surface area contributed by atoms with Gasteiger partial charge in [0.2, 0.25) is 0 Å². The van der Waals surface area contributed by atoms with Gasteiger partial charge >= 0.3 is 6.03 Å². The molecule has 0 bridgehead atoms. The van der Waals surface area contributed by atoms with Crippen LogP contribution in [0.15, 0.2) is 0 Å². The standard InChI is InChI=1S/C17H30N4O2S/c1-4-21-16(23)20(11-10-18(2)3)15(22)17(21)6-8-19(9-7-17)14-5-12-24-13-14/h14H,4-13H2,1-3H3/t14-/m0/s1. The van der Waals surface area contributed by atoms with Gasteiger partial charge in [-0.15, -0.1) is 0 Å². The Kier molecular flexibility index (Phi) is 5.42. The third-order valence-electron chi connectivity index (χ3n) is 5.76. The maximum Gasteiger partial charge on any atom is 0.327 e. The lowest BCUT2D eigenvalue weighted by Crippen LogP contribution is -2.58. The second kappa shape index (κ2) is 7.22. The van der Waals surface area contributed by atoms with E-state index in [-0.39, 0.29) is 11.9 Å². The average Bonchev–Trinajstić information content (AvgIpc) is 3.15. The van der Waals surface area contributed by atoms with E-state index in [9.17, 15) is 9.59 Å². The highest BCUT2D eigenvalue weighted by atomic mass is 32.2. The summed E-state index contributed by atoms with van der Waals surface area (Å²) in [7, 11) is 3.94. The second-order valence-electron chi connectivity index (χ2n) is 7.37. The van der Waals surface area contributed by atoms with E-state index in [4.69, 9.17) is 0 Å². The van der Waals surface area contributed by atoms with Crippen LogP contribution in [0.2, 0.25) is 0 Å². The largest absolute Gasteiger partial charge is 0.327 e. The van der Waals surface area contributed by atoms with Crippen molar-refractivity contribution in [2.45, 2.75) is 37.8 Å². The van der Waals surface area contributed by atoms with Gasteiger partial charge in [-0.2, -0.15) is 11.8 Å². The monoisotopic (exact) mass is 354 g/mol. The Morgan fingerprint density at radius 2 is 1.96 bits per heavy atom. The molecule has 3 saturated heterocycles. The normalized spacial score (nSPS) is 27.9. The minimum Gasteiger partial charge on any atom is -0.310 e. The number of carbonyl (C=O) groups is 2. The number of hydrogen-bond acceptors (Lipinski definition) is 5. The van der Waals surface area contributed by atoms with E-state index in [0.29, 0.717) is 19.1 Å². The molecule has 0 aromatic rings. The Morgan fingerprint density at radius 1 is 1.25 bits per heavy atom. The topological polar surface area (TPSA) is 47.1 Å². The molecular weight excluding hydrogens is 324 g/mol. The Morgan fingerprint density at radius 3 is 2.50 bits per heavy atom. The molecule has 3 aliphatic heterocycles. The number of rotatable bonds is 5. The number of thioether (sulfide) groups is 1. The van der Waals surface area contributed by atoms with Crippen molar-refractivity contribution < 1.29 is 9.59 Å². The highest BCUT2D eigenvalue weighted by Crippen LogP contribution is 2.38. The molecule has 7 heteroatoms. The maximum absolute atomic E-state index is 13.1. The molecule has 0 saturated carbocycles. The molecule has 1 atom stereocenters. The smallest absolute Gasteiger partial charge is 0.310 e. The number of nitrogens with zero attached hydrogens (tertiary/aromatic N) is 4. The zero-order valence-electron chi connectivity index (χ0n) is 15.2. The van der Waals surface area contributed by atoms with Crippen LogP contribution in [0.4, 0.5) is 4.79 Å². The van der Waals surface area contributed by atoms with Crippen LogP contribution in [-0.4, -0.2) is 101 Å². The van der Waals surface area contributed by atoms with E-state index >= 15 is 0 Å². The number of likely N-dealkylation sites (tertiary alicyclic amines) is 1. The second-order valence-corrected chi connectivity index (χ2v) is 8.52. The molecule has 6 nitrogen and oxygen atoms in total. The van der Waals surface area contributed by atoms with Gasteiger partial charge in [-0.3, -0.25) is 14.6 Å². The van der Waals surface area contributed by atoms with Gasteiger partial charge in [0.15, 0.2) is 0 Å². The molecule has 0 aliphatic carbocycles. The predicted molar refractivity (Wildman–Crippen MR) is 97.3 cm³/mol. The fraction of sp³-hybridized carbons (Fsp3) is 0.882. The molecule has 0 unspecified atom stereocenters. The SMILES string of the molecule is CCN1C(=O)N(CCN(C)C)C(=O)C12CCN([C@H]1CCSC1)CC2. The molecule has 0 aromatic carbocycles. The Hall–Kier alpha value is -0.790. The summed E-state index contributed by atoms with van der Waals surface area (Å²) in [6.45, 7) is 5.68. The molecule has 136 valence electrons. The molecule has 0 aromatic heterocycles. The van der Waals surface area contributed by atoms with E-state index in [0.717, 1.165) is 32.5 Å². The molecule has 1 spiro atoms. The lowest BCUT2D eigenvalue weighted by atomic mass is 9.85. The summed E-state index contributed by atoms with van der Waals surface area (Å²) in [5.41, 5.74) is -0.583. The van der Waals surface area contributed by atoms with Crippen molar-refractivity contribution in [1.82, 2.24) is 19.6 Å². The quantitative estimate of drug-likeness (QED) is 0.694. The van der Waals surface area contributed by atoms with E-state index in [2.05, 4.69) is 4.90 Å². The Labute approximate surface area is 149 Å². The molecule has 3 aliphatic rings. The summed E-state index contributed by atoms with van der Waals surface area (Å²) < 4.78 is 0. The van der Waals surface area contributed by atoms with Crippen LogP contribution < -0.4 is 0 Å². The number of carbonyl (C=O) groups excluding carboxylic acids is 2. The summed E-state index contributed by atoms with van der Waals surface area (Å²) in [5, 5.41) is 0. The van der Waals surface area contributed by atoms with Crippen molar-refractivity contribution in [2.24, 2.45) is 0 Å². The average molecular weight is 355 g/mol. The predicted octanol–water partition coefficient (Wildman–Crippen LogP) is 1.17. The molecule has 0 radical (unpaired) electrons. The summed E-state index contributed by atoms with van der Waals surface area (Å²) >= 11 is 2.03. The minimum absolute atomic E-state index is 0.0386. The van der Waals surface area contributed by atoms with E-state index < -0.39 is 5.54 Å². The van der Waals surface area contributed by atoms with Crippen LogP contribution in [0, 0.1) is 0 Å². The van der Waals surface area contributed by atoms with Crippen LogP contribution in [0.25, 0.3) is 0 Å². The van der Waals surface area contributed by atoms with Gasteiger partial charge in [-0.05, 0) is 46.0 Å². The van der Waals surface area contributed by atoms with Crippen LogP contribution in [0.1, 0.15) is 26.2 Å². The van der Waals surface area contributed by atoms with Crippen molar-refractivity contribution in [3.8, 4) is 0 Å². The first-order valence-electron chi connectivity index (χ1n) is 9.09. The van der Waals surface area contributed by atoms with Crippen molar-refractivity contribution in [1.29, 1.82) is 0 Å². The highest BCUT2D eigenvalue weighted by molar-refractivity contribution is 7.99. The van der Waals surface area contributed by atoms with Crippen molar-refractivity contribution in [2.75, 3.05) is 58.3 Å². The molecule has 0 N–H and O–H groups in total. The summed E-state index contributed by atoms with van der Waals surface area (Å²) in [4.78, 5) is 33.8. The zero-order valence-corrected chi connectivity index (χ0v) is 16.0. The Balaban J connectivity index is 1.71. The number of imide groups is 1. The van der Waals surface area contributed by atoms with Gasteiger partial charge in [0.1, 0.15) is 5.54 Å². The molecule has 3 rings (SSSR count). The van der Waals surface area contributed by atoms with Gasteiger partial charge in [-0.1, -0.05) is 0 Å². The minimum atomic E-state index is -0.583. The third-order valence-corrected chi connectivity index (χ3v) is 6.90. The van der Waals surface area contributed by atoms with Crippen LogP contribution in [-0.2, 0) is 4.79 Å². The van der Waals surface area contributed by atoms with Gasteiger partial charge in [0.05, 0.1) is 0 Å². The van der Waals surface area contributed by atoms with Crippen molar-refractivity contribution in [3.63, 3.8) is 0 Å². The summed E-state index contributed by atoms with van der Waals surface area (Å²) in [6.07, 6.45) is 2.83. The van der Waals surface area contributed by atoms with Crippen LogP contribution >= 0.6 is 11.8 Å². The Bertz CT molecular complexity index is 485. The fourth-order valence-electron chi connectivity index (χ4n) is 4.27. The first kappa shape index (κ1) is 18.0. The van der Waals surface area contributed by atoms with Crippen LogP contribution in [0.5, 0.6) is 0 Å². The number of likely N-dealkylation sites (N-methyl/N-ethyl adjacent to an activating group) is 2. The van der Waals surface area contributed by atoms with Gasteiger partial charge in [0.25, 0.3) is 5.91 Å². The van der Waals surface area contributed by atoms with Crippen molar-refractivity contribution >= 4 is 23.7 Å². The highest BCUT2D eigenvalue weighted by Gasteiger charge is 2.57. The number of amides is 3. The molecule has 3 amide bonds. The molecular formula is C17H30N4O2S.